The molecule has 0 amide bonds. The molecule has 10 heteroatoms. The number of anilines is 1. The molecule has 0 aliphatic rings. The number of sulfone groups is 1. The second kappa shape index (κ2) is 11.3. The lowest BCUT2D eigenvalue weighted by Gasteiger charge is -2.13. The van der Waals surface area contributed by atoms with E-state index in [-0.39, 0.29) is 18.7 Å². The summed E-state index contributed by atoms with van der Waals surface area (Å²) in [6.07, 6.45) is 1.34. The third kappa shape index (κ3) is 6.81. The second-order valence-electron chi connectivity index (χ2n) is 6.66. The Morgan fingerprint density at radius 2 is 1.59 bits per heavy atom. The van der Waals surface area contributed by atoms with Gasteiger partial charge in [-0.1, -0.05) is 6.07 Å². The van der Waals surface area contributed by atoms with Gasteiger partial charge in [-0.3, -0.25) is 4.79 Å². The van der Waals surface area contributed by atoms with Gasteiger partial charge < -0.3 is 29.4 Å². The standard InChI is InChI=1S/C22H27NO8S/c1-28-16-12-20(30-3)17(21(13-16)31-4)8-10-32(26,27)14-15-5-6-19(29-2)18(11-15)23-9-7-22(24)25/h5-6,8,10-13,23H,7,9,14H2,1-4H3,(H,24,25)/b10-8-. The number of hydrogen-bond donors (Lipinski definition) is 2. The molecule has 0 radical (unpaired) electrons. The molecule has 0 spiro atoms. The number of nitrogens with one attached hydrogen (secondary N) is 1. The monoisotopic (exact) mass is 465 g/mol. The van der Waals surface area contributed by atoms with Crippen molar-refractivity contribution in [3.8, 4) is 23.0 Å². The van der Waals surface area contributed by atoms with Crippen molar-refractivity contribution in [3.63, 3.8) is 0 Å². The molecular weight excluding hydrogens is 438 g/mol. The molecule has 0 heterocycles. The minimum Gasteiger partial charge on any atom is -0.496 e. The van der Waals surface area contributed by atoms with E-state index in [1.165, 1.54) is 34.5 Å². The topological polar surface area (TPSA) is 120 Å². The summed E-state index contributed by atoms with van der Waals surface area (Å²) in [5.74, 6) is 0.607. The Morgan fingerprint density at radius 3 is 2.12 bits per heavy atom. The van der Waals surface area contributed by atoms with Crippen LogP contribution in [-0.4, -0.2) is 54.5 Å². The Labute approximate surface area is 187 Å². The Balaban J connectivity index is 2.27. The van der Waals surface area contributed by atoms with E-state index < -0.39 is 15.8 Å². The molecule has 32 heavy (non-hydrogen) atoms. The van der Waals surface area contributed by atoms with E-state index >= 15 is 0 Å². The number of carboxylic acids is 1. The van der Waals surface area contributed by atoms with E-state index in [4.69, 9.17) is 24.1 Å². The summed E-state index contributed by atoms with van der Waals surface area (Å²) in [6, 6.07) is 8.16. The molecule has 0 atom stereocenters. The molecule has 174 valence electrons. The van der Waals surface area contributed by atoms with E-state index in [1.807, 2.05) is 0 Å². The quantitative estimate of drug-likeness (QED) is 0.487. The molecule has 0 aromatic heterocycles. The number of benzene rings is 2. The van der Waals surface area contributed by atoms with Crippen LogP contribution in [0.15, 0.2) is 35.7 Å². The molecule has 0 aliphatic carbocycles. The number of ether oxygens (including phenoxy) is 4. The molecule has 2 N–H and O–H groups in total. The number of rotatable bonds is 12. The zero-order chi connectivity index (χ0) is 23.7. The van der Waals surface area contributed by atoms with Crippen LogP contribution in [0.4, 0.5) is 5.69 Å². The van der Waals surface area contributed by atoms with Gasteiger partial charge >= 0.3 is 5.97 Å². The summed E-state index contributed by atoms with van der Waals surface area (Å²) in [5.41, 5.74) is 1.50. The maximum Gasteiger partial charge on any atom is 0.305 e. The first-order valence-electron chi connectivity index (χ1n) is 9.56. The maximum absolute atomic E-state index is 12.7. The molecule has 0 fully saturated rings. The average Bonchev–Trinajstić information content (AvgIpc) is 2.76. The first kappa shape index (κ1) is 24.9. The normalized spacial score (nSPS) is 11.2. The number of hydrogen-bond acceptors (Lipinski definition) is 8. The highest BCUT2D eigenvalue weighted by Gasteiger charge is 2.15. The molecule has 2 aromatic carbocycles. The van der Waals surface area contributed by atoms with Crippen LogP contribution in [0.5, 0.6) is 23.0 Å². The summed E-state index contributed by atoms with van der Waals surface area (Å²) in [6.45, 7) is 0.179. The minimum atomic E-state index is -3.65. The number of carboxylic acid groups (broad SMARTS) is 1. The van der Waals surface area contributed by atoms with Crippen LogP contribution >= 0.6 is 0 Å². The van der Waals surface area contributed by atoms with Crippen molar-refractivity contribution >= 4 is 27.6 Å². The lowest BCUT2D eigenvalue weighted by Crippen LogP contribution is -2.09. The molecule has 2 aromatic rings. The highest BCUT2D eigenvalue weighted by Crippen LogP contribution is 2.35. The smallest absolute Gasteiger partial charge is 0.305 e. The van der Waals surface area contributed by atoms with Gasteiger partial charge in [-0.25, -0.2) is 8.42 Å². The van der Waals surface area contributed by atoms with Crippen LogP contribution in [0.1, 0.15) is 17.5 Å². The van der Waals surface area contributed by atoms with Crippen molar-refractivity contribution in [3.05, 3.63) is 46.9 Å². The van der Waals surface area contributed by atoms with Gasteiger partial charge in [-0.2, -0.15) is 0 Å². The fraction of sp³-hybridized carbons (Fsp3) is 0.318. The van der Waals surface area contributed by atoms with Gasteiger partial charge in [-0.05, 0) is 23.8 Å². The predicted molar refractivity (Wildman–Crippen MR) is 121 cm³/mol. The van der Waals surface area contributed by atoms with Crippen molar-refractivity contribution in [2.75, 3.05) is 40.3 Å². The number of carbonyl (C=O) groups is 1. The largest absolute Gasteiger partial charge is 0.496 e. The molecule has 0 saturated carbocycles. The molecule has 0 unspecified atom stereocenters. The van der Waals surface area contributed by atoms with Crippen LogP contribution in [0.2, 0.25) is 0 Å². The van der Waals surface area contributed by atoms with Crippen molar-refractivity contribution in [2.45, 2.75) is 12.2 Å². The molecule has 9 nitrogen and oxygen atoms in total. The summed E-state index contributed by atoms with van der Waals surface area (Å²) < 4.78 is 46.6. The van der Waals surface area contributed by atoms with Gasteiger partial charge in [-0.15, -0.1) is 0 Å². The van der Waals surface area contributed by atoms with E-state index in [9.17, 15) is 13.2 Å². The Kier molecular flexibility index (Phi) is 8.77. The van der Waals surface area contributed by atoms with Crippen LogP contribution in [-0.2, 0) is 20.4 Å². The summed E-state index contributed by atoms with van der Waals surface area (Å²) in [4.78, 5) is 10.7. The van der Waals surface area contributed by atoms with E-state index in [1.54, 1.807) is 30.3 Å². The van der Waals surface area contributed by atoms with Crippen LogP contribution < -0.4 is 24.3 Å². The van der Waals surface area contributed by atoms with Gasteiger partial charge in [0.2, 0.25) is 0 Å². The minimum absolute atomic E-state index is 0.0834. The lowest BCUT2D eigenvalue weighted by molar-refractivity contribution is -0.136. The maximum atomic E-state index is 12.7. The summed E-state index contributed by atoms with van der Waals surface area (Å²) >= 11 is 0. The Bertz CT molecular complexity index is 1050. The van der Waals surface area contributed by atoms with Gasteiger partial charge in [0, 0.05) is 24.1 Å². The fourth-order valence-corrected chi connectivity index (χ4v) is 4.02. The van der Waals surface area contributed by atoms with Gasteiger partial charge in [0.15, 0.2) is 9.84 Å². The molecular formula is C22H27NO8S. The van der Waals surface area contributed by atoms with E-state index in [0.717, 1.165) is 5.41 Å². The predicted octanol–water partition coefficient (Wildman–Crippen LogP) is 3.19. The van der Waals surface area contributed by atoms with Crippen LogP contribution in [0.25, 0.3) is 6.08 Å². The lowest BCUT2D eigenvalue weighted by atomic mass is 10.1. The van der Waals surface area contributed by atoms with E-state index in [2.05, 4.69) is 5.32 Å². The van der Waals surface area contributed by atoms with Gasteiger partial charge in [0.1, 0.15) is 23.0 Å². The fourth-order valence-electron chi connectivity index (χ4n) is 2.94. The van der Waals surface area contributed by atoms with Crippen molar-refractivity contribution < 1.29 is 37.3 Å². The van der Waals surface area contributed by atoms with Crippen LogP contribution in [0.3, 0.4) is 0 Å². The van der Waals surface area contributed by atoms with E-state index in [0.29, 0.717) is 39.8 Å². The van der Waals surface area contributed by atoms with Crippen molar-refractivity contribution in [2.24, 2.45) is 0 Å². The van der Waals surface area contributed by atoms with Gasteiger partial charge in [0.25, 0.3) is 0 Å². The third-order valence-electron chi connectivity index (χ3n) is 4.48. The number of methoxy groups -OCH3 is 4. The first-order valence-corrected chi connectivity index (χ1v) is 11.3. The molecule has 2 rings (SSSR count). The van der Waals surface area contributed by atoms with Crippen molar-refractivity contribution in [1.82, 2.24) is 0 Å². The molecule has 0 aliphatic heterocycles. The average molecular weight is 466 g/mol. The SMILES string of the molecule is COc1cc(OC)c(/C=C\S(=O)(=O)Cc2ccc(OC)c(NCCC(=O)O)c2)c(OC)c1. The summed E-state index contributed by atoms with van der Waals surface area (Å²) in [5, 5.41) is 12.9. The second-order valence-corrected chi connectivity index (χ2v) is 8.55. The molecule has 0 bridgehead atoms. The summed E-state index contributed by atoms with van der Waals surface area (Å²) in [7, 11) is 2.27. The molecule has 0 saturated heterocycles. The highest BCUT2D eigenvalue weighted by molar-refractivity contribution is 7.93. The number of aliphatic carboxylic acids is 1. The highest BCUT2D eigenvalue weighted by atomic mass is 32.2. The zero-order valence-electron chi connectivity index (χ0n) is 18.4. The third-order valence-corrected chi connectivity index (χ3v) is 5.77. The first-order chi connectivity index (χ1) is 15.2. The van der Waals surface area contributed by atoms with Gasteiger partial charge in [0.05, 0.1) is 51.9 Å². The van der Waals surface area contributed by atoms with Crippen LogP contribution in [0, 0.1) is 0 Å². The Hall–Kier alpha value is -3.40. The van der Waals surface area contributed by atoms with Crippen molar-refractivity contribution in [1.29, 1.82) is 0 Å². The Morgan fingerprint density at radius 1 is 0.969 bits per heavy atom. The zero-order valence-corrected chi connectivity index (χ0v) is 19.2.